The molecule has 3 atom stereocenters. The number of aliphatic hydroxyl groups is 2. The molecule has 1 aromatic rings. The molecule has 244 valence electrons. The summed E-state index contributed by atoms with van der Waals surface area (Å²) in [6.45, 7) is 12.9. The minimum atomic E-state index is -0.738. The molecule has 0 aliphatic carbocycles. The van der Waals surface area contributed by atoms with E-state index in [9.17, 15) is 10.2 Å². The van der Waals surface area contributed by atoms with Crippen molar-refractivity contribution in [1.29, 1.82) is 0 Å². The van der Waals surface area contributed by atoms with Gasteiger partial charge in [0.1, 0.15) is 24.6 Å². The van der Waals surface area contributed by atoms with Gasteiger partial charge < -0.3 is 29.2 Å². The molecule has 0 bridgehead atoms. The normalized spacial score (nSPS) is 14.8. The van der Waals surface area contributed by atoms with Gasteiger partial charge >= 0.3 is 0 Å². The number of aliphatic hydroxyl groups excluding tert-OH is 2. The summed E-state index contributed by atoms with van der Waals surface area (Å²) in [4.78, 5) is 0. The molecule has 1 aromatic carbocycles. The van der Waals surface area contributed by atoms with Gasteiger partial charge in [-0.3, -0.25) is 0 Å². The van der Waals surface area contributed by atoms with Gasteiger partial charge in [-0.25, -0.2) is 0 Å². The van der Waals surface area contributed by atoms with Crippen LogP contribution in [-0.2, 0) is 20.6 Å². The monoisotopic (exact) mass is 592 g/mol. The molecule has 0 radical (unpaired) electrons. The number of allylic oxidation sites excluding steroid dienone is 2. The predicted molar refractivity (Wildman–Crippen MR) is 174 cm³/mol. The van der Waals surface area contributed by atoms with E-state index in [-0.39, 0.29) is 25.7 Å². The van der Waals surface area contributed by atoms with E-state index in [1.165, 1.54) is 76.2 Å². The molecule has 0 aliphatic heterocycles. The van der Waals surface area contributed by atoms with E-state index in [2.05, 4.69) is 31.2 Å². The molecule has 3 unspecified atom stereocenters. The van der Waals surface area contributed by atoms with Crippen LogP contribution in [-0.4, -0.2) is 67.2 Å². The number of hydrogen-bond donors (Lipinski definition) is 2. The van der Waals surface area contributed by atoms with Gasteiger partial charge in [0.25, 0.3) is 0 Å². The van der Waals surface area contributed by atoms with Gasteiger partial charge in [-0.2, -0.15) is 0 Å². The Balaban J connectivity index is 2.25. The molecule has 6 nitrogen and oxygen atoms in total. The van der Waals surface area contributed by atoms with Crippen LogP contribution < -0.4 is 4.74 Å². The van der Waals surface area contributed by atoms with Crippen molar-refractivity contribution in [3.63, 3.8) is 0 Å². The molecule has 6 heteroatoms. The topological polar surface area (TPSA) is 77.4 Å². The fraction of sp³-hybridized carbons (Fsp3) is 0.778. The second-order valence-corrected chi connectivity index (χ2v) is 12.9. The minimum absolute atomic E-state index is 0.0406. The maximum absolute atomic E-state index is 10.5. The standard InChI is InChI=1S/C36H64O6/c1-8-9-10-11-12-13-14-15-16-17-18-19-20-22-31-23-21-24-33(25-31)40-27-32(37)28-42-35(3,4)30(2)26-41-36(5,6)34(38)29-39-7/h11-12,21,23-25,30,32,34,37-38H,8-10,13-20,22,26-29H2,1-7H3/b12-11+. The molecule has 0 saturated carbocycles. The van der Waals surface area contributed by atoms with Gasteiger partial charge in [-0.1, -0.05) is 83.1 Å². The molecule has 2 N–H and O–H groups in total. The molecule has 0 amide bonds. The molecule has 1 rings (SSSR count). The quantitative estimate of drug-likeness (QED) is 0.0837. The Labute approximate surface area is 258 Å². The molecule has 0 fully saturated rings. The van der Waals surface area contributed by atoms with Crippen molar-refractivity contribution in [2.45, 2.75) is 142 Å². The van der Waals surface area contributed by atoms with E-state index >= 15 is 0 Å². The first kappa shape index (κ1) is 38.6. The molecular formula is C36H64O6. The van der Waals surface area contributed by atoms with Crippen molar-refractivity contribution >= 4 is 0 Å². The van der Waals surface area contributed by atoms with Gasteiger partial charge in [0.15, 0.2) is 0 Å². The van der Waals surface area contributed by atoms with Crippen LogP contribution >= 0.6 is 0 Å². The Morgan fingerprint density at radius 3 is 2.05 bits per heavy atom. The summed E-state index contributed by atoms with van der Waals surface area (Å²) in [5.41, 5.74) is 0.0308. The molecule has 0 aliphatic rings. The Bertz CT molecular complexity index is 821. The lowest BCUT2D eigenvalue weighted by molar-refractivity contribution is -0.155. The SMILES string of the molecule is CCCC/C=C/CCCCCCCCCc1cccc(OCC(O)COC(C)(C)C(C)COC(C)(C)C(O)COC)c1. The van der Waals surface area contributed by atoms with E-state index in [1.807, 2.05) is 46.8 Å². The second kappa shape index (κ2) is 22.1. The van der Waals surface area contributed by atoms with E-state index in [4.69, 9.17) is 18.9 Å². The molecule has 0 aromatic heterocycles. The largest absolute Gasteiger partial charge is 0.491 e. The predicted octanol–water partition coefficient (Wildman–Crippen LogP) is 8.07. The highest BCUT2D eigenvalue weighted by molar-refractivity contribution is 5.28. The Morgan fingerprint density at radius 1 is 0.762 bits per heavy atom. The molecule has 0 saturated heterocycles. The van der Waals surface area contributed by atoms with Gasteiger partial charge in [-0.05, 0) is 77.5 Å². The fourth-order valence-corrected chi connectivity index (χ4v) is 4.51. The average Bonchev–Trinajstić information content (AvgIpc) is 2.96. The third-order valence-corrected chi connectivity index (χ3v) is 8.23. The van der Waals surface area contributed by atoms with Crippen LogP contribution in [0.25, 0.3) is 0 Å². The summed E-state index contributed by atoms with van der Waals surface area (Å²) >= 11 is 0. The number of methoxy groups -OCH3 is 1. The second-order valence-electron chi connectivity index (χ2n) is 12.9. The number of hydrogen-bond acceptors (Lipinski definition) is 6. The molecule has 0 spiro atoms. The smallest absolute Gasteiger partial charge is 0.119 e. The molecular weight excluding hydrogens is 528 g/mol. The van der Waals surface area contributed by atoms with Crippen molar-refractivity contribution in [2.75, 3.05) is 33.5 Å². The Kier molecular flexibility index (Phi) is 20.3. The Hall–Kier alpha value is -1.44. The zero-order chi connectivity index (χ0) is 31.3. The first-order chi connectivity index (χ1) is 20.0. The summed E-state index contributed by atoms with van der Waals surface area (Å²) in [5.74, 6) is 0.826. The van der Waals surface area contributed by atoms with Crippen LogP contribution in [0.4, 0.5) is 0 Å². The van der Waals surface area contributed by atoms with Crippen LogP contribution in [0.1, 0.15) is 118 Å². The van der Waals surface area contributed by atoms with Gasteiger partial charge in [-0.15, -0.1) is 0 Å². The highest BCUT2D eigenvalue weighted by Crippen LogP contribution is 2.25. The fourth-order valence-electron chi connectivity index (χ4n) is 4.51. The van der Waals surface area contributed by atoms with Crippen molar-refractivity contribution in [3.8, 4) is 5.75 Å². The molecule has 42 heavy (non-hydrogen) atoms. The number of unbranched alkanes of at least 4 members (excludes halogenated alkanes) is 9. The Morgan fingerprint density at radius 2 is 1.38 bits per heavy atom. The zero-order valence-electron chi connectivity index (χ0n) is 28.0. The third-order valence-electron chi connectivity index (χ3n) is 8.23. The number of aryl methyl sites for hydroxylation is 1. The summed E-state index contributed by atoms with van der Waals surface area (Å²) < 4.78 is 23.0. The lowest BCUT2D eigenvalue weighted by Gasteiger charge is -2.36. The van der Waals surface area contributed by atoms with E-state index in [0.717, 1.165) is 12.2 Å². The van der Waals surface area contributed by atoms with E-state index < -0.39 is 23.4 Å². The zero-order valence-corrected chi connectivity index (χ0v) is 28.0. The third kappa shape index (κ3) is 17.6. The number of ether oxygens (including phenoxy) is 4. The van der Waals surface area contributed by atoms with E-state index in [1.54, 1.807) is 7.11 Å². The van der Waals surface area contributed by atoms with Gasteiger partial charge in [0.05, 0.1) is 31.0 Å². The number of benzene rings is 1. The lowest BCUT2D eigenvalue weighted by Crippen LogP contribution is -2.45. The van der Waals surface area contributed by atoms with Crippen LogP contribution in [0.5, 0.6) is 5.75 Å². The average molecular weight is 593 g/mol. The van der Waals surface area contributed by atoms with Crippen molar-refractivity contribution < 1.29 is 29.2 Å². The van der Waals surface area contributed by atoms with Crippen molar-refractivity contribution in [3.05, 3.63) is 42.0 Å². The lowest BCUT2D eigenvalue weighted by atomic mass is 9.92. The minimum Gasteiger partial charge on any atom is -0.491 e. The van der Waals surface area contributed by atoms with Crippen molar-refractivity contribution in [2.24, 2.45) is 5.92 Å². The number of rotatable bonds is 26. The van der Waals surface area contributed by atoms with Crippen molar-refractivity contribution in [1.82, 2.24) is 0 Å². The first-order valence-corrected chi connectivity index (χ1v) is 16.5. The van der Waals surface area contributed by atoms with Crippen LogP contribution in [0.3, 0.4) is 0 Å². The summed E-state index contributed by atoms with van der Waals surface area (Å²) in [6.07, 6.45) is 18.5. The maximum Gasteiger partial charge on any atom is 0.119 e. The van der Waals surface area contributed by atoms with E-state index in [0.29, 0.717) is 6.61 Å². The summed E-state index contributed by atoms with van der Waals surface area (Å²) in [7, 11) is 1.56. The maximum atomic E-state index is 10.5. The van der Waals surface area contributed by atoms with Crippen LogP contribution in [0, 0.1) is 5.92 Å². The highest BCUT2D eigenvalue weighted by atomic mass is 16.5. The summed E-state index contributed by atoms with van der Waals surface area (Å²) in [6, 6.07) is 8.21. The van der Waals surface area contributed by atoms with Gasteiger partial charge in [0.2, 0.25) is 0 Å². The van der Waals surface area contributed by atoms with Gasteiger partial charge in [0, 0.05) is 13.0 Å². The van der Waals surface area contributed by atoms with Crippen LogP contribution in [0.15, 0.2) is 36.4 Å². The summed E-state index contributed by atoms with van der Waals surface area (Å²) in [5, 5.41) is 20.8. The first-order valence-electron chi connectivity index (χ1n) is 16.5. The highest BCUT2D eigenvalue weighted by Gasteiger charge is 2.33. The molecule has 0 heterocycles. The van der Waals surface area contributed by atoms with Crippen LogP contribution in [0.2, 0.25) is 0 Å².